The van der Waals surface area contributed by atoms with E-state index in [0.717, 1.165) is 15.4 Å². The van der Waals surface area contributed by atoms with Crippen LogP contribution in [-0.2, 0) is 4.79 Å². The predicted molar refractivity (Wildman–Crippen MR) is 93.6 cm³/mol. The molecule has 1 rings (SSSR count). The molecule has 0 unspecified atom stereocenters. The molecule has 0 spiro atoms. The number of carbonyl (C=O) groups excluding carboxylic acids is 1. The van der Waals surface area contributed by atoms with Crippen molar-refractivity contribution in [2.45, 2.75) is 26.7 Å². The second-order valence-corrected chi connectivity index (χ2v) is 7.16. The van der Waals surface area contributed by atoms with Gasteiger partial charge in [-0.15, -0.1) is 0 Å². The van der Waals surface area contributed by atoms with Crippen LogP contribution in [0.25, 0.3) is 0 Å². The first-order valence-corrected chi connectivity index (χ1v) is 8.48. The van der Waals surface area contributed by atoms with Gasteiger partial charge in [-0.25, -0.2) is 0 Å². The van der Waals surface area contributed by atoms with Gasteiger partial charge in [-0.05, 0) is 62.7 Å². The van der Waals surface area contributed by atoms with E-state index in [2.05, 4.69) is 51.0 Å². The van der Waals surface area contributed by atoms with Crippen molar-refractivity contribution in [2.75, 3.05) is 19.0 Å². The molecule has 118 valence electrons. The van der Waals surface area contributed by atoms with Crippen molar-refractivity contribution in [1.29, 1.82) is 0 Å². The van der Waals surface area contributed by atoms with Crippen LogP contribution in [0.4, 0.5) is 5.69 Å². The first kappa shape index (κ1) is 18.5. The fourth-order valence-corrected chi connectivity index (χ4v) is 3.43. The third-order valence-electron chi connectivity index (χ3n) is 3.13. The average molecular weight is 422 g/mol. The van der Waals surface area contributed by atoms with E-state index in [1.807, 2.05) is 6.07 Å². The van der Waals surface area contributed by atoms with Gasteiger partial charge in [0, 0.05) is 17.0 Å². The number of anilines is 1. The Balaban J connectivity index is 2.74. The number of nitrogens with two attached hydrogens (primary N) is 1. The van der Waals surface area contributed by atoms with E-state index in [0.29, 0.717) is 30.3 Å². The van der Waals surface area contributed by atoms with Crippen LogP contribution in [0.5, 0.6) is 5.75 Å². The van der Waals surface area contributed by atoms with Crippen LogP contribution in [0.2, 0.25) is 0 Å². The lowest BCUT2D eigenvalue weighted by molar-refractivity contribution is -0.117. The molecular weight excluding hydrogens is 400 g/mol. The molecule has 1 aromatic carbocycles. The molecule has 0 aliphatic heterocycles. The van der Waals surface area contributed by atoms with E-state index in [-0.39, 0.29) is 11.8 Å². The van der Waals surface area contributed by atoms with Gasteiger partial charge in [-0.3, -0.25) is 4.79 Å². The van der Waals surface area contributed by atoms with Gasteiger partial charge >= 0.3 is 0 Å². The lowest BCUT2D eigenvalue weighted by Crippen LogP contribution is -2.23. The molecule has 3 N–H and O–H groups in total. The standard InChI is InChI=1S/C15H22Br2N2O2/c1-9(2)4-10(8-18)5-15(20)19-13-7-14(21-3)12(17)6-11(13)16/h6-7,9-10H,4-5,8,18H2,1-3H3,(H,19,20)/t10-/m0/s1. The molecule has 1 atom stereocenters. The topological polar surface area (TPSA) is 64.3 Å². The maximum atomic E-state index is 12.2. The molecule has 4 nitrogen and oxygen atoms in total. The van der Waals surface area contributed by atoms with Crippen molar-refractivity contribution in [3.05, 3.63) is 21.1 Å². The summed E-state index contributed by atoms with van der Waals surface area (Å²) >= 11 is 6.84. The van der Waals surface area contributed by atoms with E-state index < -0.39 is 0 Å². The second-order valence-electron chi connectivity index (χ2n) is 5.45. The summed E-state index contributed by atoms with van der Waals surface area (Å²) in [5.74, 6) is 1.38. The number of benzene rings is 1. The smallest absolute Gasteiger partial charge is 0.224 e. The van der Waals surface area contributed by atoms with Crippen molar-refractivity contribution in [3.8, 4) is 5.75 Å². The number of carbonyl (C=O) groups is 1. The van der Waals surface area contributed by atoms with Crippen LogP contribution in [0, 0.1) is 11.8 Å². The minimum absolute atomic E-state index is 0.0313. The maximum Gasteiger partial charge on any atom is 0.224 e. The van der Waals surface area contributed by atoms with Crippen molar-refractivity contribution >= 4 is 43.5 Å². The van der Waals surface area contributed by atoms with Gasteiger partial charge in [0.15, 0.2) is 0 Å². The van der Waals surface area contributed by atoms with Crippen molar-refractivity contribution in [1.82, 2.24) is 0 Å². The monoisotopic (exact) mass is 420 g/mol. The molecule has 0 saturated carbocycles. The Hall–Kier alpha value is -0.590. The molecule has 0 aliphatic rings. The highest BCUT2D eigenvalue weighted by Gasteiger charge is 2.16. The van der Waals surface area contributed by atoms with Crippen molar-refractivity contribution in [2.24, 2.45) is 17.6 Å². The van der Waals surface area contributed by atoms with Crippen LogP contribution in [0.1, 0.15) is 26.7 Å². The summed E-state index contributed by atoms with van der Waals surface area (Å²) in [6.45, 7) is 4.80. The Morgan fingerprint density at radius 2 is 2.00 bits per heavy atom. The molecule has 1 amide bonds. The van der Waals surface area contributed by atoms with E-state index in [1.54, 1.807) is 13.2 Å². The number of nitrogens with one attached hydrogen (secondary N) is 1. The Morgan fingerprint density at radius 1 is 1.33 bits per heavy atom. The maximum absolute atomic E-state index is 12.2. The average Bonchev–Trinajstić information content (AvgIpc) is 2.40. The third-order valence-corrected chi connectivity index (χ3v) is 4.40. The zero-order valence-electron chi connectivity index (χ0n) is 12.6. The van der Waals surface area contributed by atoms with Gasteiger partial charge in [0.25, 0.3) is 0 Å². The minimum Gasteiger partial charge on any atom is -0.495 e. The molecule has 0 heterocycles. The molecule has 0 fully saturated rings. The van der Waals surface area contributed by atoms with Gasteiger partial charge in [-0.1, -0.05) is 13.8 Å². The molecule has 1 aromatic rings. The molecule has 0 aliphatic carbocycles. The number of ether oxygens (including phenoxy) is 1. The Kier molecular flexibility index (Phi) is 7.70. The first-order valence-electron chi connectivity index (χ1n) is 6.90. The highest BCUT2D eigenvalue weighted by molar-refractivity contribution is 9.11. The number of rotatable bonds is 7. The van der Waals surface area contributed by atoms with Crippen molar-refractivity contribution in [3.63, 3.8) is 0 Å². The predicted octanol–water partition coefficient (Wildman–Crippen LogP) is 4.17. The number of amides is 1. The van der Waals surface area contributed by atoms with Crippen LogP contribution in [0.3, 0.4) is 0 Å². The largest absolute Gasteiger partial charge is 0.495 e. The quantitative estimate of drug-likeness (QED) is 0.694. The molecule has 0 bridgehead atoms. The van der Waals surface area contributed by atoms with Gasteiger partial charge in [0.1, 0.15) is 5.75 Å². The summed E-state index contributed by atoms with van der Waals surface area (Å²) < 4.78 is 6.87. The third kappa shape index (κ3) is 5.96. The van der Waals surface area contributed by atoms with Crippen LogP contribution < -0.4 is 15.8 Å². The Labute approximate surface area is 143 Å². The number of methoxy groups -OCH3 is 1. The van der Waals surface area contributed by atoms with Crippen LogP contribution in [-0.4, -0.2) is 19.6 Å². The van der Waals surface area contributed by atoms with Gasteiger partial charge in [0.05, 0.1) is 17.3 Å². The van der Waals surface area contributed by atoms with E-state index in [9.17, 15) is 4.79 Å². The summed E-state index contributed by atoms with van der Waals surface area (Å²) in [5, 5.41) is 2.91. The minimum atomic E-state index is -0.0313. The van der Waals surface area contributed by atoms with Gasteiger partial charge < -0.3 is 15.8 Å². The van der Waals surface area contributed by atoms with E-state index >= 15 is 0 Å². The fourth-order valence-electron chi connectivity index (χ4n) is 2.17. The zero-order valence-corrected chi connectivity index (χ0v) is 15.8. The summed E-state index contributed by atoms with van der Waals surface area (Å²) in [7, 11) is 1.59. The lowest BCUT2D eigenvalue weighted by Gasteiger charge is -2.17. The summed E-state index contributed by atoms with van der Waals surface area (Å²) in [6, 6.07) is 3.63. The number of hydrogen-bond acceptors (Lipinski definition) is 3. The molecular formula is C15H22Br2N2O2. The van der Waals surface area contributed by atoms with Gasteiger partial charge in [0.2, 0.25) is 5.91 Å². The lowest BCUT2D eigenvalue weighted by atomic mass is 9.94. The Bertz CT molecular complexity index is 493. The normalized spacial score (nSPS) is 12.3. The molecule has 21 heavy (non-hydrogen) atoms. The summed E-state index contributed by atoms with van der Waals surface area (Å²) in [4.78, 5) is 12.2. The first-order chi connectivity index (χ1) is 9.87. The number of halogens is 2. The van der Waals surface area contributed by atoms with Crippen LogP contribution in [0.15, 0.2) is 21.1 Å². The molecule has 0 radical (unpaired) electrons. The van der Waals surface area contributed by atoms with E-state index in [4.69, 9.17) is 10.5 Å². The SMILES string of the molecule is COc1cc(NC(=O)C[C@@H](CN)CC(C)C)c(Br)cc1Br. The van der Waals surface area contributed by atoms with Crippen LogP contribution >= 0.6 is 31.9 Å². The van der Waals surface area contributed by atoms with Crippen molar-refractivity contribution < 1.29 is 9.53 Å². The second kappa shape index (κ2) is 8.76. The number of hydrogen-bond donors (Lipinski definition) is 2. The molecule has 6 heteroatoms. The molecule has 0 saturated heterocycles. The Morgan fingerprint density at radius 3 is 2.52 bits per heavy atom. The fraction of sp³-hybridized carbons (Fsp3) is 0.533. The molecule has 0 aromatic heterocycles. The van der Waals surface area contributed by atoms with E-state index in [1.165, 1.54) is 0 Å². The highest BCUT2D eigenvalue weighted by atomic mass is 79.9. The summed E-state index contributed by atoms with van der Waals surface area (Å²) in [6.07, 6.45) is 1.38. The summed E-state index contributed by atoms with van der Waals surface area (Å²) in [5.41, 5.74) is 6.44. The highest BCUT2D eigenvalue weighted by Crippen LogP contribution is 2.34. The van der Waals surface area contributed by atoms with Gasteiger partial charge in [-0.2, -0.15) is 0 Å². The zero-order chi connectivity index (χ0) is 16.0.